The molecule has 0 aliphatic carbocycles. The molecule has 0 unspecified atom stereocenters. The van der Waals surface area contributed by atoms with Gasteiger partial charge in [0.25, 0.3) is 0 Å². The van der Waals surface area contributed by atoms with E-state index in [1.807, 2.05) is 6.92 Å². The molecule has 1 aliphatic heterocycles. The number of quaternary nitrogens is 1. The number of ether oxygens (including phenoxy) is 3. The first-order valence-corrected chi connectivity index (χ1v) is 6.41. The fourth-order valence-electron chi connectivity index (χ4n) is 2.05. The lowest BCUT2D eigenvalue weighted by Crippen LogP contribution is -2.56. The highest BCUT2D eigenvalue weighted by Crippen LogP contribution is 2.10. The quantitative estimate of drug-likeness (QED) is 0.460. The van der Waals surface area contributed by atoms with Crippen molar-refractivity contribution in [2.24, 2.45) is 0 Å². The van der Waals surface area contributed by atoms with Crippen molar-refractivity contribution in [2.75, 3.05) is 65.8 Å². The van der Waals surface area contributed by atoms with Gasteiger partial charge in [0.15, 0.2) is 0 Å². The summed E-state index contributed by atoms with van der Waals surface area (Å²) < 4.78 is 17.4. The minimum atomic E-state index is 0.714. The van der Waals surface area contributed by atoms with Crippen molar-refractivity contribution in [3.63, 3.8) is 0 Å². The maximum absolute atomic E-state index is 5.58. The van der Waals surface area contributed by atoms with Gasteiger partial charge in [-0.3, -0.25) is 0 Å². The minimum absolute atomic E-state index is 0.714. The lowest BCUT2D eigenvalue weighted by molar-refractivity contribution is -0.933. The van der Waals surface area contributed by atoms with Crippen molar-refractivity contribution in [3.05, 3.63) is 0 Å². The monoisotopic (exact) mass is 232 g/mol. The third kappa shape index (κ3) is 4.78. The van der Waals surface area contributed by atoms with Gasteiger partial charge in [-0.05, 0) is 13.8 Å². The topological polar surface area (TPSA) is 27.7 Å². The molecule has 4 heteroatoms. The Labute approximate surface area is 99.1 Å². The molecule has 0 N–H and O–H groups in total. The minimum Gasteiger partial charge on any atom is -0.379 e. The molecule has 0 radical (unpaired) electrons. The van der Waals surface area contributed by atoms with Gasteiger partial charge >= 0.3 is 0 Å². The Kier molecular flexibility index (Phi) is 6.96. The van der Waals surface area contributed by atoms with Crippen molar-refractivity contribution in [3.8, 4) is 0 Å². The van der Waals surface area contributed by atoms with E-state index in [0.29, 0.717) is 13.2 Å². The Bertz CT molecular complexity index is 170. The molecular formula is C12H26NO3+. The average molecular weight is 232 g/mol. The van der Waals surface area contributed by atoms with E-state index in [4.69, 9.17) is 14.2 Å². The Balaban J connectivity index is 2.08. The zero-order chi connectivity index (χ0) is 11.7. The van der Waals surface area contributed by atoms with Crippen LogP contribution in [0.4, 0.5) is 0 Å². The smallest absolute Gasteiger partial charge is 0.103 e. The number of likely N-dealkylation sites (N-methyl/N-ethyl adjacent to an activating group) is 1. The maximum Gasteiger partial charge on any atom is 0.103 e. The molecule has 1 saturated heterocycles. The van der Waals surface area contributed by atoms with Crippen molar-refractivity contribution in [1.29, 1.82) is 0 Å². The molecule has 96 valence electrons. The summed E-state index contributed by atoms with van der Waals surface area (Å²) in [6.07, 6.45) is 0. The van der Waals surface area contributed by atoms with E-state index in [9.17, 15) is 0 Å². The molecule has 0 amide bonds. The van der Waals surface area contributed by atoms with E-state index in [1.165, 1.54) is 6.54 Å². The Hall–Kier alpha value is -0.160. The summed E-state index contributed by atoms with van der Waals surface area (Å²) in [5, 5.41) is 0. The number of hydrogen-bond donors (Lipinski definition) is 0. The summed E-state index contributed by atoms with van der Waals surface area (Å²) in [6, 6.07) is 0. The second kappa shape index (κ2) is 8.01. The highest BCUT2D eigenvalue weighted by atomic mass is 16.5. The zero-order valence-electron chi connectivity index (χ0n) is 10.7. The van der Waals surface area contributed by atoms with E-state index < -0.39 is 0 Å². The van der Waals surface area contributed by atoms with Crippen molar-refractivity contribution < 1.29 is 18.7 Å². The maximum atomic E-state index is 5.58. The number of hydrogen-bond acceptors (Lipinski definition) is 3. The molecule has 0 aromatic heterocycles. The SMILES string of the molecule is CCOCCOCC[N+]1(CC)CCOCC1. The summed E-state index contributed by atoms with van der Waals surface area (Å²) in [5.41, 5.74) is 0. The van der Waals surface area contributed by atoms with Crippen LogP contribution in [-0.4, -0.2) is 70.3 Å². The van der Waals surface area contributed by atoms with Crippen LogP contribution in [-0.2, 0) is 14.2 Å². The third-order valence-electron chi connectivity index (χ3n) is 3.38. The van der Waals surface area contributed by atoms with Gasteiger partial charge in [-0.2, -0.15) is 0 Å². The molecular weight excluding hydrogens is 206 g/mol. The van der Waals surface area contributed by atoms with Gasteiger partial charge in [0.05, 0.1) is 39.6 Å². The normalized spacial score (nSPS) is 19.9. The molecule has 0 bridgehead atoms. The molecule has 16 heavy (non-hydrogen) atoms. The molecule has 0 atom stereocenters. The molecule has 1 aliphatic rings. The molecule has 0 spiro atoms. The van der Waals surface area contributed by atoms with Crippen LogP contribution in [0.1, 0.15) is 13.8 Å². The van der Waals surface area contributed by atoms with Gasteiger partial charge in [0.1, 0.15) is 19.6 Å². The summed E-state index contributed by atoms with van der Waals surface area (Å²) >= 11 is 0. The van der Waals surface area contributed by atoms with Crippen molar-refractivity contribution in [2.45, 2.75) is 13.8 Å². The predicted octanol–water partition coefficient (Wildman–Crippen LogP) is 0.906. The van der Waals surface area contributed by atoms with Crippen LogP contribution >= 0.6 is 0 Å². The van der Waals surface area contributed by atoms with Gasteiger partial charge in [0, 0.05) is 6.61 Å². The molecule has 1 heterocycles. The van der Waals surface area contributed by atoms with E-state index in [0.717, 1.165) is 50.5 Å². The lowest BCUT2D eigenvalue weighted by atomic mass is 10.3. The van der Waals surface area contributed by atoms with Gasteiger partial charge in [-0.1, -0.05) is 0 Å². The summed E-state index contributed by atoms with van der Waals surface area (Å²) in [5.74, 6) is 0. The van der Waals surface area contributed by atoms with Crippen LogP contribution in [0.25, 0.3) is 0 Å². The molecule has 0 aromatic rings. The number of rotatable bonds is 8. The molecule has 0 saturated carbocycles. The molecule has 1 fully saturated rings. The van der Waals surface area contributed by atoms with E-state index >= 15 is 0 Å². The predicted molar refractivity (Wildman–Crippen MR) is 63.5 cm³/mol. The van der Waals surface area contributed by atoms with Crippen LogP contribution in [0.2, 0.25) is 0 Å². The highest BCUT2D eigenvalue weighted by Gasteiger charge is 2.27. The number of morpholine rings is 1. The van der Waals surface area contributed by atoms with Crippen molar-refractivity contribution in [1.82, 2.24) is 0 Å². The van der Waals surface area contributed by atoms with Crippen LogP contribution < -0.4 is 0 Å². The highest BCUT2D eigenvalue weighted by molar-refractivity contribution is 4.49. The fourth-order valence-corrected chi connectivity index (χ4v) is 2.05. The van der Waals surface area contributed by atoms with Crippen LogP contribution in [0.3, 0.4) is 0 Å². The van der Waals surface area contributed by atoms with E-state index in [2.05, 4.69) is 6.92 Å². The fraction of sp³-hybridized carbons (Fsp3) is 1.00. The summed E-state index contributed by atoms with van der Waals surface area (Å²) in [4.78, 5) is 0. The van der Waals surface area contributed by atoms with Crippen LogP contribution in [0.15, 0.2) is 0 Å². The van der Waals surface area contributed by atoms with Crippen LogP contribution in [0.5, 0.6) is 0 Å². The summed E-state index contributed by atoms with van der Waals surface area (Å²) in [6.45, 7) is 13.6. The average Bonchev–Trinajstić information content (AvgIpc) is 2.35. The second-order valence-corrected chi connectivity index (χ2v) is 4.25. The standard InChI is InChI=1S/C12H26NO3/c1-3-13(5-8-15-9-6-13)7-10-16-12-11-14-4-2/h3-12H2,1-2H3/q+1. The van der Waals surface area contributed by atoms with Gasteiger partial charge < -0.3 is 18.7 Å². The molecule has 4 nitrogen and oxygen atoms in total. The zero-order valence-corrected chi connectivity index (χ0v) is 10.7. The van der Waals surface area contributed by atoms with Gasteiger partial charge in [-0.25, -0.2) is 0 Å². The Morgan fingerprint density at radius 2 is 1.69 bits per heavy atom. The second-order valence-electron chi connectivity index (χ2n) is 4.25. The van der Waals surface area contributed by atoms with E-state index in [-0.39, 0.29) is 0 Å². The van der Waals surface area contributed by atoms with Gasteiger partial charge in [0.2, 0.25) is 0 Å². The molecule has 0 aromatic carbocycles. The third-order valence-corrected chi connectivity index (χ3v) is 3.38. The Morgan fingerprint density at radius 1 is 1.00 bits per heavy atom. The first-order valence-electron chi connectivity index (χ1n) is 6.41. The van der Waals surface area contributed by atoms with E-state index in [1.54, 1.807) is 0 Å². The Morgan fingerprint density at radius 3 is 2.31 bits per heavy atom. The first-order chi connectivity index (χ1) is 7.83. The molecule has 1 rings (SSSR count). The lowest BCUT2D eigenvalue weighted by Gasteiger charge is -2.40. The largest absolute Gasteiger partial charge is 0.379 e. The number of nitrogens with zero attached hydrogens (tertiary/aromatic N) is 1. The summed E-state index contributed by atoms with van der Waals surface area (Å²) in [7, 11) is 0. The van der Waals surface area contributed by atoms with Crippen molar-refractivity contribution >= 4 is 0 Å². The van der Waals surface area contributed by atoms with Crippen LogP contribution in [0, 0.1) is 0 Å². The first kappa shape index (κ1) is 13.9. The van der Waals surface area contributed by atoms with Gasteiger partial charge in [-0.15, -0.1) is 0 Å².